The Morgan fingerprint density at radius 1 is 1.29 bits per heavy atom. The van der Waals surface area contributed by atoms with Crippen LogP contribution in [0.4, 0.5) is 0 Å². The summed E-state index contributed by atoms with van der Waals surface area (Å²) in [5, 5.41) is 7.28. The van der Waals surface area contributed by atoms with Crippen LogP contribution in [-0.2, 0) is 11.2 Å². The van der Waals surface area contributed by atoms with E-state index in [1.807, 2.05) is 18.2 Å². The quantitative estimate of drug-likeness (QED) is 0.441. The summed E-state index contributed by atoms with van der Waals surface area (Å²) in [4.78, 5) is 4.18. The third-order valence-corrected chi connectivity index (χ3v) is 3.04. The van der Waals surface area contributed by atoms with Crippen LogP contribution in [0.3, 0.4) is 0 Å². The van der Waals surface area contributed by atoms with Gasteiger partial charge >= 0.3 is 0 Å². The minimum absolute atomic E-state index is 0.570. The standard InChI is InChI=1S/C16H26ClN3O/c1-13(2)12-21-10-9-20-16(18-3)19-8-7-14-5-4-6-15(17)11-14/h4-6,11,13H,7-10,12H2,1-3H3,(H2,18,19,20). The molecule has 0 aliphatic carbocycles. The number of guanidine groups is 1. The Morgan fingerprint density at radius 3 is 2.71 bits per heavy atom. The maximum atomic E-state index is 5.96. The van der Waals surface area contributed by atoms with Gasteiger partial charge in [-0.2, -0.15) is 0 Å². The third-order valence-electron chi connectivity index (χ3n) is 2.81. The zero-order valence-corrected chi connectivity index (χ0v) is 13.9. The van der Waals surface area contributed by atoms with Gasteiger partial charge in [-0.25, -0.2) is 0 Å². The van der Waals surface area contributed by atoms with E-state index in [1.165, 1.54) is 5.56 Å². The molecule has 2 N–H and O–H groups in total. The second-order valence-corrected chi connectivity index (χ2v) is 5.71. The molecule has 0 radical (unpaired) electrons. The van der Waals surface area contributed by atoms with Gasteiger partial charge in [0, 0.05) is 31.8 Å². The van der Waals surface area contributed by atoms with Crippen molar-refractivity contribution in [2.75, 3.05) is 33.4 Å². The molecule has 0 aromatic heterocycles. The average Bonchev–Trinajstić information content (AvgIpc) is 2.45. The minimum atomic E-state index is 0.570. The zero-order chi connectivity index (χ0) is 15.5. The number of nitrogens with zero attached hydrogens (tertiary/aromatic N) is 1. The molecule has 0 unspecified atom stereocenters. The molecule has 0 saturated carbocycles. The number of halogens is 1. The van der Waals surface area contributed by atoms with E-state index in [0.717, 1.165) is 37.1 Å². The fourth-order valence-electron chi connectivity index (χ4n) is 1.80. The van der Waals surface area contributed by atoms with Gasteiger partial charge in [-0.05, 0) is 30.0 Å². The summed E-state index contributed by atoms with van der Waals surface area (Å²) in [6, 6.07) is 7.91. The number of hydrogen-bond donors (Lipinski definition) is 2. The van der Waals surface area contributed by atoms with Crippen molar-refractivity contribution in [3.05, 3.63) is 34.9 Å². The number of aliphatic imine (C=N–C) groups is 1. The van der Waals surface area contributed by atoms with Crippen LogP contribution in [0.25, 0.3) is 0 Å². The molecule has 0 amide bonds. The molecule has 0 aliphatic heterocycles. The van der Waals surface area contributed by atoms with Gasteiger partial charge in [0.1, 0.15) is 0 Å². The van der Waals surface area contributed by atoms with Gasteiger partial charge < -0.3 is 15.4 Å². The summed E-state index contributed by atoms with van der Waals surface area (Å²) in [6.45, 7) is 7.33. The second-order valence-electron chi connectivity index (χ2n) is 5.27. The fraction of sp³-hybridized carbons (Fsp3) is 0.562. The Hall–Kier alpha value is -1.26. The lowest BCUT2D eigenvalue weighted by Gasteiger charge is -2.12. The summed E-state index contributed by atoms with van der Waals surface area (Å²) in [7, 11) is 1.77. The Kier molecular flexibility index (Phi) is 8.87. The van der Waals surface area contributed by atoms with Gasteiger partial charge in [0.15, 0.2) is 5.96 Å². The first kappa shape index (κ1) is 17.8. The first-order chi connectivity index (χ1) is 10.1. The van der Waals surface area contributed by atoms with E-state index in [4.69, 9.17) is 16.3 Å². The maximum absolute atomic E-state index is 5.96. The summed E-state index contributed by atoms with van der Waals surface area (Å²) in [5.74, 6) is 1.37. The van der Waals surface area contributed by atoms with Crippen molar-refractivity contribution in [2.24, 2.45) is 10.9 Å². The van der Waals surface area contributed by atoms with Crippen LogP contribution in [0.2, 0.25) is 5.02 Å². The lowest BCUT2D eigenvalue weighted by molar-refractivity contribution is 0.114. The van der Waals surface area contributed by atoms with E-state index in [9.17, 15) is 0 Å². The number of ether oxygens (including phenoxy) is 1. The molecule has 0 heterocycles. The van der Waals surface area contributed by atoms with Crippen LogP contribution < -0.4 is 10.6 Å². The smallest absolute Gasteiger partial charge is 0.191 e. The van der Waals surface area contributed by atoms with E-state index in [-0.39, 0.29) is 0 Å². The van der Waals surface area contributed by atoms with E-state index in [1.54, 1.807) is 7.05 Å². The molecule has 118 valence electrons. The highest BCUT2D eigenvalue weighted by atomic mass is 35.5. The van der Waals surface area contributed by atoms with E-state index in [0.29, 0.717) is 12.5 Å². The monoisotopic (exact) mass is 311 g/mol. The highest BCUT2D eigenvalue weighted by Crippen LogP contribution is 2.10. The summed E-state index contributed by atoms with van der Waals surface area (Å²) >= 11 is 5.96. The van der Waals surface area contributed by atoms with E-state index >= 15 is 0 Å². The fourth-order valence-corrected chi connectivity index (χ4v) is 2.01. The van der Waals surface area contributed by atoms with E-state index < -0.39 is 0 Å². The average molecular weight is 312 g/mol. The first-order valence-corrected chi connectivity index (χ1v) is 7.76. The van der Waals surface area contributed by atoms with Gasteiger partial charge in [0.05, 0.1) is 6.61 Å². The van der Waals surface area contributed by atoms with Crippen LogP contribution in [0.15, 0.2) is 29.3 Å². The number of nitrogens with one attached hydrogen (secondary N) is 2. The Balaban J connectivity index is 2.17. The maximum Gasteiger partial charge on any atom is 0.191 e. The van der Waals surface area contributed by atoms with Gasteiger partial charge in [-0.3, -0.25) is 4.99 Å². The van der Waals surface area contributed by atoms with Crippen molar-refractivity contribution in [3.8, 4) is 0 Å². The molecule has 1 rings (SSSR count). The van der Waals surface area contributed by atoms with Gasteiger partial charge in [-0.15, -0.1) is 0 Å². The number of rotatable bonds is 8. The Morgan fingerprint density at radius 2 is 2.05 bits per heavy atom. The lowest BCUT2D eigenvalue weighted by atomic mass is 10.1. The van der Waals surface area contributed by atoms with Crippen molar-refractivity contribution < 1.29 is 4.74 Å². The topological polar surface area (TPSA) is 45.7 Å². The highest BCUT2D eigenvalue weighted by molar-refractivity contribution is 6.30. The largest absolute Gasteiger partial charge is 0.379 e. The molecule has 0 saturated heterocycles. The van der Waals surface area contributed by atoms with Crippen LogP contribution in [0.5, 0.6) is 0 Å². The SMILES string of the molecule is CN=C(NCCOCC(C)C)NCCc1cccc(Cl)c1. The summed E-state index contributed by atoms with van der Waals surface area (Å²) in [6.07, 6.45) is 0.908. The molecule has 0 fully saturated rings. The van der Waals surface area contributed by atoms with Crippen molar-refractivity contribution in [3.63, 3.8) is 0 Å². The Labute approximate surface area is 132 Å². The molecular weight excluding hydrogens is 286 g/mol. The zero-order valence-electron chi connectivity index (χ0n) is 13.2. The van der Waals surface area contributed by atoms with Gasteiger partial charge in [0.2, 0.25) is 0 Å². The molecule has 21 heavy (non-hydrogen) atoms. The predicted molar refractivity (Wildman–Crippen MR) is 90.2 cm³/mol. The molecule has 4 nitrogen and oxygen atoms in total. The molecule has 5 heteroatoms. The Bertz CT molecular complexity index is 435. The molecule has 0 aliphatic rings. The molecule has 0 atom stereocenters. The van der Waals surface area contributed by atoms with Gasteiger partial charge in [0.25, 0.3) is 0 Å². The predicted octanol–water partition coefficient (Wildman–Crippen LogP) is 2.72. The number of benzene rings is 1. The lowest BCUT2D eigenvalue weighted by Crippen LogP contribution is -2.39. The van der Waals surface area contributed by atoms with Crippen molar-refractivity contribution in [2.45, 2.75) is 20.3 Å². The molecule has 0 bridgehead atoms. The summed E-state index contributed by atoms with van der Waals surface area (Å²) in [5.41, 5.74) is 1.21. The van der Waals surface area contributed by atoms with Crippen molar-refractivity contribution in [1.82, 2.24) is 10.6 Å². The molecule has 1 aromatic carbocycles. The van der Waals surface area contributed by atoms with Gasteiger partial charge in [-0.1, -0.05) is 37.6 Å². The van der Waals surface area contributed by atoms with Crippen molar-refractivity contribution in [1.29, 1.82) is 0 Å². The molecular formula is C16H26ClN3O. The molecule has 1 aromatic rings. The third kappa shape index (κ3) is 8.58. The summed E-state index contributed by atoms with van der Waals surface area (Å²) < 4.78 is 5.52. The minimum Gasteiger partial charge on any atom is -0.379 e. The van der Waals surface area contributed by atoms with Crippen LogP contribution in [0, 0.1) is 5.92 Å². The molecule has 0 spiro atoms. The van der Waals surface area contributed by atoms with Crippen LogP contribution in [0.1, 0.15) is 19.4 Å². The highest BCUT2D eigenvalue weighted by Gasteiger charge is 1.99. The second kappa shape index (κ2) is 10.5. The van der Waals surface area contributed by atoms with E-state index in [2.05, 4.69) is 35.5 Å². The first-order valence-electron chi connectivity index (χ1n) is 7.38. The van der Waals surface area contributed by atoms with Crippen LogP contribution >= 0.6 is 11.6 Å². The van der Waals surface area contributed by atoms with Crippen LogP contribution in [-0.4, -0.2) is 39.3 Å². The number of hydrogen-bond acceptors (Lipinski definition) is 2. The normalized spacial score (nSPS) is 11.8. The van der Waals surface area contributed by atoms with Crippen molar-refractivity contribution >= 4 is 17.6 Å².